The molecule has 96 valence electrons. The third kappa shape index (κ3) is 3.48. The fraction of sp³-hybridized carbons (Fsp3) is 0.333. The van der Waals surface area contributed by atoms with Crippen molar-refractivity contribution < 1.29 is 4.39 Å². The summed E-state index contributed by atoms with van der Waals surface area (Å²) >= 11 is 1.29. The molecule has 0 bridgehead atoms. The minimum absolute atomic E-state index is 0.218. The van der Waals surface area contributed by atoms with Gasteiger partial charge in [0.15, 0.2) is 0 Å². The summed E-state index contributed by atoms with van der Waals surface area (Å²) in [6, 6.07) is 6.68. The Morgan fingerprint density at radius 1 is 1.33 bits per heavy atom. The number of rotatable bonds is 6. The maximum atomic E-state index is 13.4. The SMILES string of the molecule is NCCCNc1nc(Cc2ccccc2F)ns1. The molecule has 0 fully saturated rings. The van der Waals surface area contributed by atoms with Crippen LogP contribution in [0.4, 0.5) is 9.52 Å². The highest BCUT2D eigenvalue weighted by Gasteiger charge is 2.07. The van der Waals surface area contributed by atoms with Gasteiger partial charge in [-0.2, -0.15) is 4.37 Å². The van der Waals surface area contributed by atoms with Crippen molar-refractivity contribution in [1.82, 2.24) is 9.36 Å². The Balaban J connectivity index is 1.96. The standard InChI is InChI=1S/C12H15FN4S/c13-10-5-2-1-4-9(10)8-11-16-12(18-17-11)15-7-3-6-14/h1-2,4-5H,3,6-8,14H2,(H,15,16,17). The van der Waals surface area contributed by atoms with Gasteiger partial charge in [0, 0.05) is 24.5 Å². The quantitative estimate of drug-likeness (QED) is 0.785. The first-order valence-corrected chi connectivity index (χ1v) is 6.57. The van der Waals surface area contributed by atoms with Crippen molar-refractivity contribution in [3.8, 4) is 0 Å². The Labute approximate surface area is 109 Å². The number of halogens is 1. The Morgan fingerprint density at radius 2 is 2.17 bits per heavy atom. The fourth-order valence-corrected chi connectivity index (χ4v) is 2.12. The largest absolute Gasteiger partial charge is 0.360 e. The first-order chi connectivity index (χ1) is 8.79. The molecule has 0 aliphatic rings. The lowest BCUT2D eigenvalue weighted by Gasteiger charge is -1.99. The van der Waals surface area contributed by atoms with E-state index in [-0.39, 0.29) is 5.82 Å². The lowest BCUT2D eigenvalue weighted by atomic mass is 10.1. The van der Waals surface area contributed by atoms with Crippen molar-refractivity contribution in [1.29, 1.82) is 0 Å². The molecule has 0 aliphatic carbocycles. The van der Waals surface area contributed by atoms with Gasteiger partial charge in [0.05, 0.1) is 0 Å². The zero-order valence-electron chi connectivity index (χ0n) is 9.90. The van der Waals surface area contributed by atoms with Crippen LogP contribution in [0.15, 0.2) is 24.3 Å². The van der Waals surface area contributed by atoms with Gasteiger partial charge in [-0.15, -0.1) is 0 Å². The van der Waals surface area contributed by atoms with Crippen LogP contribution in [0.3, 0.4) is 0 Å². The third-order valence-corrected chi connectivity index (χ3v) is 3.14. The van der Waals surface area contributed by atoms with Crippen molar-refractivity contribution >= 4 is 16.7 Å². The van der Waals surface area contributed by atoms with Gasteiger partial charge < -0.3 is 11.1 Å². The van der Waals surface area contributed by atoms with E-state index in [1.165, 1.54) is 17.6 Å². The molecule has 4 nitrogen and oxygen atoms in total. The number of nitrogens with zero attached hydrogens (tertiary/aromatic N) is 2. The monoisotopic (exact) mass is 266 g/mol. The summed E-state index contributed by atoms with van der Waals surface area (Å²) in [6.07, 6.45) is 1.31. The zero-order chi connectivity index (χ0) is 12.8. The number of anilines is 1. The molecule has 18 heavy (non-hydrogen) atoms. The first-order valence-electron chi connectivity index (χ1n) is 5.79. The van der Waals surface area contributed by atoms with E-state index < -0.39 is 0 Å². The molecule has 0 saturated heterocycles. The number of hydrogen-bond acceptors (Lipinski definition) is 5. The smallest absolute Gasteiger partial charge is 0.202 e. The molecular formula is C12H15FN4S. The molecule has 2 rings (SSSR count). The van der Waals surface area contributed by atoms with Crippen LogP contribution < -0.4 is 11.1 Å². The van der Waals surface area contributed by atoms with Gasteiger partial charge in [0.25, 0.3) is 0 Å². The molecule has 0 amide bonds. The minimum atomic E-state index is -0.218. The summed E-state index contributed by atoms with van der Waals surface area (Å²) in [5, 5.41) is 3.90. The van der Waals surface area contributed by atoms with Gasteiger partial charge in [0.2, 0.25) is 5.13 Å². The van der Waals surface area contributed by atoms with E-state index in [9.17, 15) is 4.39 Å². The molecule has 0 atom stereocenters. The van der Waals surface area contributed by atoms with E-state index in [0.29, 0.717) is 24.4 Å². The second-order valence-corrected chi connectivity index (χ2v) is 4.60. The predicted molar refractivity (Wildman–Crippen MR) is 71.3 cm³/mol. The van der Waals surface area contributed by atoms with E-state index in [1.54, 1.807) is 12.1 Å². The summed E-state index contributed by atoms with van der Waals surface area (Å²) < 4.78 is 17.7. The highest BCUT2D eigenvalue weighted by atomic mass is 32.1. The Hall–Kier alpha value is -1.53. The second kappa shape index (κ2) is 6.42. The zero-order valence-corrected chi connectivity index (χ0v) is 10.7. The molecule has 0 saturated carbocycles. The van der Waals surface area contributed by atoms with E-state index >= 15 is 0 Å². The van der Waals surface area contributed by atoms with Crippen molar-refractivity contribution in [2.75, 3.05) is 18.4 Å². The van der Waals surface area contributed by atoms with Crippen molar-refractivity contribution in [3.05, 3.63) is 41.5 Å². The van der Waals surface area contributed by atoms with Crippen LogP contribution in [-0.4, -0.2) is 22.4 Å². The Morgan fingerprint density at radius 3 is 2.94 bits per heavy atom. The van der Waals surface area contributed by atoms with E-state index in [1.807, 2.05) is 6.07 Å². The van der Waals surface area contributed by atoms with Crippen LogP contribution in [0.1, 0.15) is 17.8 Å². The molecule has 6 heteroatoms. The Kier molecular flexibility index (Phi) is 4.60. The lowest BCUT2D eigenvalue weighted by molar-refractivity contribution is 0.612. The highest BCUT2D eigenvalue weighted by molar-refractivity contribution is 7.09. The molecule has 0 spiro atoms. The molecule has 0 radical (unpaired) electrons. The van der Waals surface area contributed by atoms with Gasteiger partial charge in [-0.05, 0) is 24.6 Å². The number of benzene rings is 1. The van der Waals surface area contributed by atoms with Crippen molar-refractivity contribution in [2.45, 2.75) is 12.8 Å². The van der Waals surface area contributed by atoms with Crippen LogP contribution in [-0.2, 0) is 6.42 Å². The minimum Gasteiger partial charge on any atom is -0.360 e. The summed E-state index contributed by atoms with van der Waals surface area (Å²) in [4.78, 5) is 4.31. The molecule has 0 aliphatic heterocycles. The normalized spacial score (nSPS) is 10.6. The van der Waals surface area contributed by atoms with E-state index in [4.69, 9.17) is 5.73 Å². The maximum Gasteiger partial charge on any atom is 0.202 e. The molecule has 2 aromatic rings. The molecular weight excluding hydrogens is 251 g/mol. The van der Waals surface area contributed by atoms with Crippen molar-refractivity contribution in [2.24, 2.45) is 5.73 Å². The number of nitrogens with one attached hydrogen (secondary N) is 1. The maximum absolute atomic E-state index is 13.4. The van der Waals surface area contributed by atoms with Gasteiger partial charge in [-0.1, -0.05) is 18.2 Å². The van der Waals surface area contributed by atoms with Gasteiger partial charge in [0.1, 0.15) is 11.6 Å². The average Bonchev–Trinajstić information content (AvgIpc) is 2.80. The van der Waals surface area contributed by atoms with Crippen LogP contribution in [0, 0.1) is 5.82 Å². The van der Waals surface area contributed by atoms with Gasteiger partial charge in [-0.25, -0.2) is 9.37 Å². The molecule has 1 heterocycles. The lowest BCUT2D eigenvalue weighted by Crippen LogP contribution is -2.08. The summed E-state index contributed by atoms with van der Waals surface area (Å²) in [5.41, 5.74) is 6.02. The van der Waals surface area contributed by atoms with Crippen molar-refractivity contribution in [3.63, 3.8) is 0 Å². The first kappa shape index (κ1) is 12.9. The Bertz CT molecular complexity index is 500. The third-order valence-electron chi connectivity index (χ3n) is 2.43. The molecule has 1 aromatic heterocycles. The van der Waals surface area contributed by atoms with E-state index in [0.717, 1.165) is 18.1 Å². The second-order valence-electron chi connectivity index (χ2n) is 3.85. The fourth-order valence-electron chi connectivity index (χ4n) is 1.51. The molecule has 0 unspecified atom stereocenters. The summed E-state index contributed by atoms with van der Waals surface area (Å²) in [7, 11) is 0. The topological polar surface area (TPSA) is 63.8 Å². The van der Waals surface area contributed by atoms with E-state index in [2.05, 4.69) is 14.7 Å². The molecule has 3 N–H and O–H groups in total. The molecule has 1 aromatic carbocycles. The van der Waals surface area contributed by atoms with Crippen LogP contribution in [0.2, 0.25) is 0 Å². The van der Waals surface area contributed by atoms with Gasteiger partial charge >= 0.3 is 0 Å². The number of nitrogens with two attached hydrogens (primary N) is 1. The average molecular weight is 266 g/mol. The highest BCUT2D eigenvalue weighted by Crippen LogP contribution is 2.15. The number of aromatic nitrogens is 2. The van der Waals surface area contributed by atoms with Crippen LogP contribution in [0.5, 0.6) is 0 Å². The van der Waals surface area contributed by atoms with Crippen LogP contribution >= 0.6 is 11.5 Å². The summed E-state index contributed by atoms with van der Waals surface area (Å²) in [6.45, 7) is 1.43. The predicted octanol–water partition coefficient (Wildman–Crippen LogP) is 2.03. The number of hydrogen-bond donors (Lipinski definition) is 2. The summed E-state index contributed by atoms with van der Waals surface area (Å²) in [5.74, 6) is 0.422. The van der Waals surface area contributed by atoms with Crippen LogP contribution in [0.25, 0.3) is 0 Å². The van der Waals surface area contributed by atoms with Gasteiger partial charge in [-0.3, -0.25) is 0 Å².